The van der Waals surface area contributed by atoms with Crippen molar-refractivity contribution >= 4 is 28.1 Å². The summed E-state index contributed by atoms with van der Waals surface area (Å²) in [7, 11) is 3.16. The van der Waals surface area contributed by atoms with Crippen LogP contribution in [0, 0.1) is 17.0 Å². The van der Waals surface area contributed by atoms with Crippen LogP contribution < -0.4 is 14.0 Å². The highest BCUT2D eigenvalue weighted by atomic mass is 16.6. The number of hydrogen-bond acceptors (Lipinski definition) is 6. The van der Waals surface area contributed by atoms with E-state index in [9.17, 15) is 10.1 Å². The van der Waals surface area contributed by atoms with E-state index in [1.165, 1.54) is 12.1 Å². The molecule has 0 radical (unpaired) electrons. The molecule has 5 rings (SSSR count). The Balaban J connectivity index is 1.73. The van der Waals surface area contributed by atoms with Crippen LogP contribution in [0.15, 0.2) is 72.8 Å². The van der Waals surface area contributed by atoms with Crippen molar-refractivity contribution in [2.24, 2.45) is 0 Å². The number of nitrogens with one attached hydrogen (secondary N) is 1. The van der Waals surface area contributed by atoms with Crippen LogP contribution in [-0.4, -0.2) is 34.3 Å². The topological polar surface area (TPSA) is 121 Å². The standard InChI is InChI=1S/C26H22N6O4/c1-16-13-18-14-22(35-2)23(36-3)15-21(18)24(17-9-11-20(12-10-17)32(33)34)31(16)26-28-25(29-30-26)27-19-7-5-4-6-8-19/h4-15H,1-3H3,(H-,27,28,29,30). The number of nitro benzene ring substituents is 1. The van der Waals surface area contributed by atoms with Crippen molar-refractivity contribution < 1.29 is 19.0 Å². The first-order chi connectivity index (χ1) is 17.5. The van der Waals surface area contributed by atoms with Crippen molar-refractivity contribution in [3.05, 3.63) is 93.9 Å². The molecule has 2 heterocycles. The first kappa shape index (κ1) is 22.8. The Morgan fingerprint density at radius 1 is 0.972 bits per heavy atom. The summed E-state index contributed by atoms with van der Waals surface area (Å²) in [5.41, 5.74) is 3.07. The molecule has 36 heavy (non-hydrogen) atoms. The lowest BCUT2D eigenvalue weighted by atomic mass is 10.0. The lowest BCUT2D eigenvalue weighted by Gasteiger charge is -2.17. The summed E-state index contributed by atoms with van der Waals surface area (Å²) in [4.78, 5) is 15.4. The molecule has 0 saturated heterocycles. The zero-order valence-corrected chi connectivity index (χ0v) is 19.8. The number of non-ortho nitro benzene ring substituents is 1. The fourth-order valence-corrected chi connectivity index (χ4v) is 4.11. The number of para-hydroxylation sites is 1. The molecule has 0 spiro atoms. The molecule has 1 N–H and O–H groups in total. The van der Waals surface area contributed by atoms with Gasteiger partial charge in [-0.2, -0.15) is 0 Å². The Labute approximate surface area is 206 Å². The number of benzene rings is 3. The number of pyridine rings is 1. The Bertz CT molecular complexity index is 1570. The molecule has 180 valence electrons. The van der Waals surface area contributed by atoms with Gasteiger partial charge in [-0.25, -0.2) is 4.57 Å². The third kappa shape index (κ3) is 4.16. The second kappa shape index (κ2) is 9.34. The number of H-pyrrole nitrogens is 1. The molecule has 0 amide bonds. The summed E-state index contributed by atoms with van der Waals surface area (Å²) in [6.45, 7) is 1.94. The molecule has 0 aliphatic rings. The highest BCUT2D eigenvalue weighted by molar-refractivity contribution is 5.95. The molecule has 0 bridgehead atoms. The number of rotatable bonds is 7. The van der Waals surface area contributed by atoms with E-state index in [1.807, 2.05) is 60.0 Å². The number of nitrogens with zero attached hydrogens (tertiary/aromatic N) is 5. The Hall–Kier alpha value is -4.99. The summed E-state index contributed by atoms with van der Waals surface area (Å²) in [5.74, 6) is 1.88. The van der Waals surface area contributed by atoms with E-state index >= 15 is 0 Å². The molecule has 0 fully saturated rings. The highest BCUT2D eigenvalue weighted by Crippen LogP contribution is 2.37. The number of aromatic nitrogens is 4. The molecule has 3 aromatic carbocycles. The molecule has 2 aromatic heterocycles. The summed E-state index contributed by atoms with van der Waals surface area (Å²) < 4.78 is 12.9. The summed E-state index contributed by atoms with van der Waals surface area (Å²) in [6.07, 6.45) is 0. The van der Waals surface area contributed by atoms with Gasteiger partial charge >= 0.3 is 5.95 Å². The van der Waals surface area contributed by atoms with Crippen molar-refractivity contribution in [3.8, 4) is 28.7 Å². The Morgan fingerprint density at radius 3 is 2.33 bits per heavy atom. The summed E-state index contributed by atoms with van der Waals surface area (Å²) >= 11 is 0. The number of fused-ring (bicyclic) bond motifs is 1. The predicted octanol–water partition coefficient (Wildman–Crippen LogP) is 5.47. The number of aromatic amines is 1. The molecule has 0 saturated carbocycles. The lowest BCUT2D eigenvalue weighted by molar-refractivity contribution is -0.597. The van der Waals surface area contributed by atoms with Gasteiger partial charge in [0.25, 0.3) is 5.69 Å². The van der Waals surface area contributed by atoms with Gasteiger partial charge in [-0.15, -0.1) is 0 Å². The van der Waals surface area contributed by atoms with Gasteiger partial charge in [0.15, 0.2) is 11.5 Å². The molecule has 5 aromatic rings. The summed E-state index contributed by atoms with van der Waals surface area (Å²) in [5, 5.41) is 24.8. The molecule has 10 nitrogen and oxygen atoms in total. The number of methoxy groups -OCH3 is 2. The maximum atomic E-state index is 11.2. The Morgan fingerprint density at radius 2 is 1.67 bits per heavy atom. The van der Waals surface area contributed by atoms with Crippen LogP contribution in [0.1, 0.15) is 5.69 Å². The van der Waals surface area contributed by atoms with Crippen LogP contribution in [0.5, 0.6) is 11.5 Å². The first-order valence-electron chi connectivity index (χ1n) is 11.0. The van der Waals surface area contributed by atoms with Gasteiger partial charge in [0.1, 0.15) is 5.69 Å². The van der Waals surface area contributed by atoms with E-state index in [0.29, 0.717) is 23.4 Å². The molecule has 0 aliphatic carbocycles. The van der Waals surface area contributed by atoms with Crippen LogP contribution in [0.4, 0.5) is 17.3 Å². The maximum Gasteiger partial charge on any atom is 0.305 e. The van der Waals surface area contributed by atoms with E-state index in [2.05, 4.69) is 20.5 Å². The van der Waals surface area contributed by atoms with Gasteiger partial charge in [-0.05, 0) is 48.3 Å². The number of ether oxygens (including phenoxy) is 2. The van der Waals surface area contributed by atoms with E-state index in [4.69, 9.17) is 9.47 Å². The Kier molecular flexibility index (Phi) is 5.91. The first-order valence-corrected chi connectivity index (χ1v) is 11.0. The number of nitro groups is 1. The van der Waals surface area contributed by atoms with Crippen molar-refractivity contribution in [3.63, 3.8) is 0 Å². The number of aryl methyl sites for hydroxylation is 1. The zero-order valence-electron chi connectivity index (χ0n) is 19.8. The van der Waals surface area contributed by atoms with Gasteiger partial charge in [0.05, 0.1) is 30.8 Å². The molecular formula is C26H22N6O4. The van der Waals surface area contributed by atoms with Gasteiger partial charge in [0.2, 0.25) is 0 Å². The summed E-state index contributed by atoms with van der Waals surface area (Å²) in [6, 6.07) is 21.6. The van der Waals surface area contributed by atoms with E-state index in [0.717, 1.165) is 33.4 Å². The average molecular weight is 483 g/mol. The lowest BCUT2D eigenvalue weighted by Crippen LogP contribution is -2.38. The van der Waals surface area contributed by atoms with Crippen LogP contribution in [0.25, 0.3) is 33.3 Å². The van der Waals surface area contributed by atoms with Crippen LogP contribution in [-0.2, 0) is 0 Å². The van der Waals surface area contributed by atoms with Gasteiger partial charge in [-0.1, -0.05) is 35.4 Å². The molecule has 10 heteroatoms. The minimum Gasteiger partial charge on any atom is -0.493 e. The maximum absolute atomic E-state index is 11.2. The third-order valence-electron chi connectivity index (χ3n) is 5.76. The van der Waals surface area contributed by atoms with Crippen molar-refractivity contribution in [1.29, 1.82) is 0 Å². The van der Waals surface area contributed by atoms with Crippen molar-refractivity contribution in [2.45, 2.75) is 6.92 Å². The minimum absolute atomic E-state index is 0.00310. The minimum atomic E-state index is -0.424. The van der Waals surface area contributed by atoms with Gasteiger partial charge in [-0.3, -0.25) is 20.2 Å². The molecule has 0 atom stereocenters. The highest BCUT2D eigenvalue weighted by Gasteiger charge is 2.22. The molecular weight excluding hydrogens is 460 g/mol. The van der Waals surface area contributed by atoms with Crippen LogP contribution >= 0.6 is 0 Å². The average Bonchev–Trinajstić information content (AvgIpc) is 3.35. The fraction of sp³-hybridized carbons (Fsp3) is 0.115. The van der Waals surface area contributed by atoms with Crippen molar-refractivity contribution in [1.82, 2.24) is 15.2 Å². The molecule has 0 unspecified atom stereocenters. The van der Waals surface area contributed by atoms with Gasteiger partial charge < -0.3 is 14.8 Å². The van der Waals surface area contributed by atoms with Crippen LogP contribution in [0.2, 0.25) is 0 Å². The molecule has 0 aliphatic heterocycles. The smallest absolute Gasteiger partial charge is 0.305 e. The normalized spacial score (nSPS) is 10.9. The quantitative estimate of drug-likeness (QED) is 0.186. The van der Waals surface area contributed by atoms with Crippen LogP contribution in [0.3, 0.4) is 0 Å². The SMILES string of the molecule is COc1cc2cc(C)[n+](-c3n[nH]c([N-]c4ccccc4)n3)c(-c3ccc([N+](=O)[O-])cc3)c2cc1OC. The van der Waals surface area contributed by atoms with E-state index in [1.54, 1.807) is 26.4 Å². The monoisotopic (exact) mass is 482 g/mol. The largest absolute Gasteiger partial charge is 0.493 e. The van der Waals surface area contributed by atoms with Gasteiger partial charge in [0, 0.05) is 23.1 Å². The zero-order chi connectivity index (χ0) is 25.2. The van der Waals surface area contributed by atoms with E-state index < -0.39 is 4.92 Å². The second-order valence-corrected chi connectivity index (χ2v) is 7.97. The fourth-order valence-electron chi connectivity index (χ4n) is 4.11. The second-order valence-electron chi connectivity index (χ2n) is 7.97. The van der Waals surface area contributed by atoms with Crippen molar-refractivity contribution in [2.75, 3.05) is 14.2 Å². The number of hydrogen-bond donors (Lipinski definition) is 1. The van der Waals surface area contributed by atoms with E-state index in [-0.39, 0.29) is 5.69 Å². The predicted molar refractivity (Wildman–Crippen MR) is 134 cm³/mol. The third-order valence-corrected chi connectivity index (χ3v) is 5.76.